The molecule has 1 rings (SSSR count). The van der Waals surface area contributed by atoms with Crippen molar-refractivity contribution in [3.8, 4) is 0 Å². The van der Waals surface area contributed by atoms with Crippen LogP contribution in [0.4, 0.5) is 0 Å². The van der Waals surface area contributed by atoms with Gasteiger partial charge in [0.1, 0.15) is 5.78 Å². The molecule has 16 heavy (non-hydrogen) atoms. The third-order valence-corrected chi connectivity index (χ3v) is 3.59. The average Bonchev–Trinajstić information content (AvgIpc) is 2.30. The van der Waals surface area contributed by atoms with E-state index in [-0.39, 0.29) is 6.04 Å². The zero-order chi connectivity index (χ0) is 12.0. The number of likely N-dealkylation sites (tertiary alicyclic amines) is 1. The van der Waals surface area contributed by atoms with Crippen LogP contribution in [0, 0.1) is 5.92 Å². The van der Waals surface area contributed by atoms with Crippen LogP contribution in [0.25, 0.3) is 0 Å². The van der Waals surface area contributed by atoms with Gasteiger partial charge in [-0.15, -0.1) is 0 Å². The standard InChI is InChI=1S/C13H26N2O/c1-4-13(16)12(14-5-2)10-11-6-8-15(3)9-7-11/h11-12,14H,4-10H2,1-3H3. The van der Waals surface area contributed by atoms with E-state index in [1.807, 2.05) is 6.92 Å². The number of carbonyl (C=O) groups is 1. The molecule has 1 saturated heterocycles. The molecule has 94 valence electrons. The molecule has 0 radical (unpaired) electrons. The Morgan fingerprint density at radius 2 is 2.00 bits per heavy atom. The molecule has 1 unspecified atom stereocenters. The third-order valence-electron chi connectivity index (χ3n) is 3.59. The van der Waals surface area contributed by atoms with Crippen molar-refractivity contribution >= 4 is 5.78 Å². The summed E-state index contributed by atoms with van der Waals surface area (Å²) >= 11 is 0. The van der Waals surface area contributed by atoms with E-state index in [1.54, 1.807) is 0 Å². The highest BCUT2D eigenvalue weighted by Crippen LogP contribution is 2.21. The van der Waals surface area contributed by atoms with Crippen molar-refractivity contribution in [2.45, 2.75) is 45.6 Å². The lowest BCUT2D eigenvalue weighted by atomic mass is 9.88. The smallest absolute Gasteiger partial charge is 0.149 e. The van der Waals surface area contributed by atoms with Crippen molar-refractivity contribution < 1.29 is 4.79 Å². The fourth-order valence-corrected chi connectivity index (χ4v) is 2.45. The molecule has 0 aliphatic carbocycles. The number of nitrogens with zero attached hydrogens (tertiary/aromatic N) is 1. The van der Waals surface area contributed by atoms with E-state index in [2.05, 4.69) is 24.2 Å². The van der Waals surface area contributed by atoms with Gasteiger partial charge in [0.2, 0.25) is 0 Å². The largest absolute Gasteiger partial charge is 0.308 e. The number of likely N-dealkylation sites (N-methyl/N-ethyl adjacent to an activating group) is 1. The minimum absolute atomic E-state index is 0.100. The summed E-state index contributed by atoms with van der Waals surface area (Å²) in [6.45, 7) is 7.29. The molecule has 1 atom stereocenters. The number of rotatable bonds is 6. The summed E-state index contributed by atoms with van der Waals surface area (Å²) in [5.74, 6) is 1.11. The second-order valence-electron chi connectivity index (χ2n) is 4.91. The fraction of sp³-hybridized carbons (Fsp3) is 0.923. The van der Waals surface area contributed by atoms with Gasteiger partial charge in [0.05, 0.1) is 6.04 Å². The predicted octanol–water partition coefficient (Wildman–Crippen LogP) is 1.68. The van der Waals surface area contributed by atoms with Gasteiger partial charge < -0.3 is 10.2 Å². The van der Waals surface area contributed by atoms with E-state index >= 15 is 0 Å². The molecule has 0 aromatic rings. The van der Waals surface area contributed by atoms with Crippen LogP contribution in [0.5, 0.6) is 0 Å². The van der Waals surface area contributed by atoms with E-state index in [9.17, 15) is 4.79 Å². The zero-order valence-corrected chi connectivity index (χ0v) is 11.0. The van der Waals surface area contributed by atoms with Gasteiger partial charge >= 0.3 is 0 Å². The SMILES string of the molecule is CCNC(CC1CCN(C)CC1)C(=O)CC. The molecular weight excluding hydrogens is 200 g/mol. The van der Waals surface area contributed by atoms with Gasteiger partial charge in [-0.05, 0) is 51.9 Å². The highest BCUT2D eigenvalue weighted by atomic mass is 16.1. The maximum Gasteiger partial charge on any atom is 0.149 e. The minimum atomic E-state index is 0.100. The van der Waals surface area contributed by atoms with Gasteiger partial charge in [-0.25, -0.2) is 0 Å². The first-order valence-electron chi connectivity index (χ1n) is 6.62. The van der Waals surface area contributed by atoms with Crippen molar-refractivity contribution in [1.82, 2.24) is 10.2 Å². The molecule has 3 heteroatoms. The van der Waals surface area contributed by atoms with E-state index in [1.165, 1.54) is 25.9 Å². The minimum Gasteiger partial charge on any atom is -0.308 e. The van der Waals surface area contributed by atoms with Gasteiger partial charge in [-0.2, -0.15) is 0 Å². The van der Waals surface area contributed by atoms with E-state index in [0.717, 1.165) is 18.9 Å². The van der Waals surface area contributed by atoms with Gasteiger partial charge in [0, 0.05) is 6.42 Å². The van der Waals surface area contributed by atoms with Crippen molar-refractivity contribution in [3.63, 3.8) is 0 Å². The molecule has 0 saturated carbocycles. The van der Waals surface area contributed by atoms with Crippen LogP contribution >= 0.6 is 0 Å². The molecule has 1 heterocycles. The molecule has 0 amide bonds. The Balaban J connectivity index is 2.39. The second kappa shape index (κ2) is 7.02. The summed E-state index contributed by atoms with van der Waals surface area (Å²) in [6.07, 6.45) is 4.18. The summed E-state index contributed by atoms with van der Waals surface area (Å²) in [5.41, 5.74) is 0. The highest BCUT2D eigenvalue weighted by molar-refractivity contribution is 5.83. The highest BCUT2D eigenvalue weighted by Gasteiger charge is 2.23. The fourth-order valence-electron chi connectivity index (χ4n) is 2.45. The van der Waals surface area contributed by atoms with Crippen molar-refractivity contribution in [2.75, 3.05) is 26.7 Å². The van der Waals surface area contributed by atoms with E-state index in [0.29, 0.717) is 12.2 Å². The molecule has 3 nitrogen and oxygen atoms in total. The molecule has 1 aliphatic rings. The Labute approximate surface area is 99.6 Å². The van der Waals surface area contributed by atoms with Crippen LogP contribution in [0.15, 0.2) is 0 Å². The van der Waals surface area contributed by atoms with Gasteiger partial charge in [0.25, 0.3) is 0 Å². The molecule has 0 bridgehead atoms. The summed E-state index contributed by atoms with van der Waals surface area (Å²) in [7, 11) is 2.18. The number of ketones is 1. The van der Waals surface area contributed by atoms with Crippen LogP contribution in [0.1, 0.15) is 39.5 Å². The first kappa shape index (κ1) is 13.7. The first-order chi connectivity index (χ1) is 7.67. The summed E-state index contributed by atoms with van der Waals surface area (Å²) in [5, 5.41) is 3.33. The number of Topliss-reactive ketones (excluding diaryl/α,β-unsaturated/α-hetero) is 1. The quantitative estimate of drug-likeness (QED) is 0.748. The van der Waals surface area contributed by atoms with Crippen LogP contribution in [-0.2, 0) is 4.79 Å². The van der Waals surface area contributed by atoms with Gasteiger partial charge in [-0.1, -0.05) is 13.8 Å². The van der Waals surface area contributed by atoms with Crippen molar-refractivity contribution in [3.05, 3.63) is 0 Å². The molecular formula is C13H26N2O. The predicted molar refractivity (Wildman–Crippen MR) is 67.6 cm³/mol. The Morgan fingerprint density at radius 1 is 1.38 bits per heavy atom. The van der Waals surface area contributed by atoms with Crippen LogP contribution in [0.3, 0.4) is 0 Å². The third kappa shape index (κ3) is 4.22. The second-order valence-corrected chi connectivity index (χ2v) is 4.91. The lowest BCUT2D eigenvalue weighted by Crippen LogP contribution is -2.40. The number of hydrogen-bond acceptors (Lipinski definition) is 3. The van der Waals surface area contributed by atoms with Crippen LogP contribution in [-0.4, -0.2) is 43.4 Å². The Bertz CT molecular complexity index is 210. The van der Waals surface area contributed by atoms with E-state index in [4.69, 9.17) is 0 Å². The topological polar surface area (TPSA) is 32.3 Å². The Morgan fingerprint density at radius 3 is 2.50 bits per heavy atom. The number of nitrogens with one attached hydrogen (secondary N) is 1. The maximum absolute atomic E-state index is 11.8. The maximum atomic E-state index is 11.8. The molecule has 0 aromatic carbocycles. The Hall–Kier alpha value is -0.410. The Kier molecular flexibility index (Phi) is 5.99. The molecule has 0 aromatic heterocycles. The molecule has 1 fully saturated rings. The molecule has 0 spiro atoms. The summed E-state index contributed by atoms with van der Waals surface area (Å²) < 4.78 is 0. The lowest BCUT2D eigenvalue weighted by Gasteiger charge is -2.31. The normalized spacial score (nSPS) is 20.9. The van der Waals surface area contributed by atoms with Crippen molar-refractivity contribution in [2.24, 2.45) is 5.92 Å². The average molecular weight is 226 g/mol. The number of hydrogen-bond donors (Lipinski definition) is 1. The summed E-state index contributed by atoms with van der Waals surface area (Å²) in [6, 6.07) is 0.100. The zero-order valence-electron chi connectivity index (χ0n) is 11.0. The summed E-state index contributed by atoms with van der Waals surface area (Å²) in [4.78, 5) is 14.1. The van der Waals surface area contributed by atoms with Crippen molar-refractivity contribution in [1.29, 1.82) is 0 Å². The monoisotopic (exact) mass is 226 g/mol. The molecule has 1 N–H and O–H groups in total. The van der Waals surface area contributed by atoms with Crippen LogP contribution < -0.4 is 5.32 Å². The van der Waals surface area contributed by atoms with E-state index < -0.39 is 0 Å². The molecule has 1 aliphatic heterocycles. The lowest BCUT2D eigenvalue weighted by molar-refractivity contribution is -0.121. The van der Waals surface area contributed by atoms with Gasteiger partial charge in [-0.3, -0.25) is 4.79 Å². The van der Waals surface area contributed by atoms with Gasteiger partial charge in [0.15, 0.2) is 0 Å². The first-order valence-corrected chi connectivity index (χ1v) is 6.62. The number of carbonyl (C=O) groups excluding carboxylic acids is 1. The van der Waals surface area contributed by atoms with Crippen LogP contribution in [0.2, 0.25) is 0 Å². The number of piperidine rings is 1.